The molecule has 3 amide bonds. The summed E-state index contributed by atoms with van der Waals surface area (Å²) < 4.78 is 11.9. The molecule has 3 aromatic rings. The molecular weight excluding hydrogens is 546 g/mol. The zero-order valence-electron chi connectivity index (χ0n) is 25.4. The van der Waals surface area contributed by atoms with Crippen LogP contribution in [0.5, 0.6) is 11.5 Å². The van der Waals surface area contributed by atoms with Crippen molar-refractivity contribution in [3.05, 3.63) is 66.0 Å². The minimum atomic E-state index is -0.920. The maximum atomic E-state index is 14.3. The van der Waals surface area contributed by atoms with E-state index in [1.54, 1.807) is 36.4 Å². The lowest BCUT2D eigenvalue weighted by Crippen LogP contribution is -2.59. The molecule has 5 rings (SSSR count). The number of amides is 3. The summed E-state index contributed by atoms with van der Waals surface area (Å²) in [5.74, 6) is 0.132. The third-order valence-electron chi connectivity index (χ3n) is 8.66. The number of likely N-dealkylation sites (tertiary alicyclic amines) is 1. The van der Waals surface area contributed by atoms with Crippen molar-refractivity contribution in [1.82, 2.24) is 25.4 Å². The van der Waals surface area contributed by atoms with Crippen LogP contribution in [0.4, 0.5) is 0 Å². The molecule has 5 unspecified atom stereocenters. The first-order valence-electron chi connectivity index (χ1n) is 14.9. The van der Waals surface area contributed by atoms with E-state index in [1.165, 1.54) is 0 Å². The lowest BCUT2D eigenvalue weighted by molar-refractivity contribution is -0.144. The molecule has 1 aromatic heterocycles. The highest BCUT2D eigenvalue weighted by Crippen LogP contribution is 2.31. The largest absolute Gasteiger partial charge is 0.496 e. The van der Waals surface area contributed by atoms with Crippen LogP contribution < -0.4 is 20.1 Å². The standard InChI is InChI=1S/C33H41N5O5/c1-6-20(2)29-31(39)34-15-13-21-17-23(11-12-27(21)42-5)43-28-14-16-38(30(28)32(40)36-29)33(41)26(37(3)4)18-22-19-35-25-10-8-7-9-24(22)25/h7-13,15,17,19-20,26,28-30,35H,6,14,16,18H2,1-5H3,(H,34,39)(H,36,40). The summed E-state index contributed by atoms with van der Waals surface area (Å²) in [4.78, 5) is 48.5. The summed E-state index contributed by atoms with van der Waals surface area (Å²) in [6.45, 7) is 4.25. The van der Waals surface area contributed by atoms with Crippen LogP contribution in [0, 0.1) is 5.92 Å². The van der Waals surface area contributed by atoms with Crippen molar-refractivity contribution in [2.75, 3.05) is 27.7 Å². The Labute approximate surface area is 252 Å². The Morgan fingerprint density at radius 2 is 1.95 bits per heavy atom. The van der Waals surface area contributed by atoms with Gasteiger partial charge in [0.15, 0.2) is 0 Å². The molecule has 2 aliphatic heterocycles. The SMILES string of the molecule is CCC(C)C1NC(=O)C2C(CCN2C(=O)C(Cc2c[nH]c3ccccc23)N(C)C)Oc2ccc(OC)c(c2)C=CNC1=O. The van der Waals surface area contributed by atoms with Crippen molar-refractivity contribution >= 4 is 34.7 Å². The molecule has 2 bridgehead atoms. The maximum Gasteiger partial charge on any atom is 0.247 e. The summed E-state index contributed by atoms with van der Waals surface area (Å²) in [5, 5.41) is 6.86. The topological polar surface area (TPSA) is 116 Å². The number of fused-ring (bicyclic) bond motifs is 4. The van der Waals surface area contributed by atoms with Crippen LogP contribution in [-0.2, 0) is 20.8 Å². The van der Waals surface area contributed by atoms with E-state index in [0.29, 0.717) is 42.9 Å². The van der Waals surface area contributed by atoms with Gasteiger partial charge in [-0.05, 0) is 62.3 Å². The first-order valence-corrected chi connectivity index (χ1v) is 14.9. The van der Waals surface area contributed by atoms with E-state index in [9.17, 15) is 14.4 Å². The number of methoxy groups -OCH3 is 1. The Bertz CT molecular complexity index is 1510. The van der Waals surface area contributed by atoms with Gasteiger partial charge >= 0.3 is 0 Å². The quantitative estimate of drug-likeness (QED) is 0.391. The second-order valence-electron chi connectivity index (χ2n) is 11.6. The number of aromatic nitrogens is 1. The van der Waals surface area contributed by atoms with Crippen LogP contribution in [0.25, 0.3) is 17.0 Å². The number of hydrogen-bond donors (Lipinski definition) is 3. The molecule has 0 radical (unpaired) electrons. The van der Waals surface area contributed by atoms with Crippen molar-refractivity contribution < 1.29 is 23.9 Å². The van der Waals surface area contributed by atoms with Gasteiger partial charge in [0.1, 0.15) is 29.7 Å². The predicted molar refractivity (Wildman–Crippen MR) is 166 cm³/mol. The Kier molecular flexibility index (Phi) is 9.05. The summed E-state index contributed by atoms with van der Waals surface area (Å²) in [6, 6.07) is 11.2. The van der Waals surface area contributed by atoms with Gasteiger partial charge < -0.3 is 30.0 Å². The number of aromatic amines is 1. The summed E-state index contributed by atoms with van der Waals surface area (Å²) >= 11 is 0. The number of H-pyrrole nitrogens is 1. The number of hydrogen-bond acceptors (Lipinski definition) is 6. The first-order chi connectivity index (χ1) is 20.7. The van der Waals surface area contributed by atoms with E-state index in [2.05, 4.69) is 15.6 Å². The van der Waals surface area contributed by atoms with Crippen LogP contribution in [0.15, 0.2) is 54.9 Å². The highest BCUT2D eigenvalue weighted by Gasteiger charge is 2.46. The van der Waals surface area contributed by atoms with E-state index < -0.39 is 30.1 Å². The van der Waals surface area contributed by atoms with Crippen LogP contribution in [0.3, 0.4) is 0 Å². The average molecular weight is 588 g/mol. The third kappa shape index (κ3) is 6.24. The van der Waals surface area contributed by atoms with Crippen molar-refractivity contribution in [2.24, 2.45) is 5.92 Å². The van der Waals surface area contributed by atoms with E-state index in [1.807, 2.05) is 69.4 Å². The van der Waals surface area contributed by atoms with Crippen molar-refractivity contribution in [3.8, 4) is 11.5 Å². The maximum absolute atomic E-state index is 14.3. The van der Waals surface area contributed by atoms with Crippen molar-refractivity contribution in [3.63, 3.8) is 0 Å². The second-order valence-corrected chi connectivity index (χ2v) is 11.6. The monoisotopic (exact) mass is 587 g/mol. The Morgan fingerprint density at radius 3 is 2.70 bits per heavy atom. The summed E-state index contributed by atoms with van der Waals surface area (Å²) in [7, 11) is 5.33. The van der Waals surface area contributed by atoms with Gasteiger partial charge in [-0.15, -0.1) is 0 Å². The number of nitrogens with zero attached hydrogens (tertiary/aromatic N) is 2. The minimum Gasteiger partial charge on any atom is -0.496 e. The van der Waals surface area contributed by atoms with Crippen LogP contribution in [0.1, 0.15) is 37.8 Å². The number of ether oxygens (including phenoxy) is 2. The van der Waals surface area contributed by atoms with Gasteiger partial charge in [-0.3, -0.25) is 19.3 Å². The van der Waals surface area contributed by atoms with Crippen LogP contribution in [-0.4, -0.2) is 84.5 Å². The number of carbonyl (C=O) groups is 3. The molecule has 43 heavy (non-hydrogen) atoms. The van der Waals surface area contributed by atoms with Crippen molar-refractivity contribution in [2.45, 2.75) is 57.3 Å². The van der Waals surface area contributed by atoms with E-state index >= 15 is 0 Å². The molecule has 1 fully saturated rings. The van der Waals surface area contributed by atoms with E-state index in [0.717, 1.165) is 16.5 Å². The predicted octanol–water partition coefficient (Wildman–Crippen LogP) is 3.33. The fraction of sp³-hybridized carbons (Fsp3) is 0.424. The number of carbonyl (C=O) groups excluding carboxylic acids is 3. The Balaban J connectivity index is 1.50. The average Bonchev–Trinajstić information content (AvgIpc) is 3.61. The molecule has 2 aliphatic rings. The molecule has 228 valence electrons. The lowest BCUT2D eigenvalue weighted by atomic mass is 9.97. The van der Waals surface area contributed by atoms with Gasteiger partial charge in [0.25, 0.3) is 0 Å². The fourth-order valence-corrected chi connectivity index (χ4v) is 5.97. The normalized spacial score (nSPS) is 22.0. The number of para-hydroxylation sites is 1. The Morgan fingerprint density at radius 1 is 1.16 bits per heavy atom. The molecule has 10 nitrogen and oxygen atoms in total. The number of nitrogens with one attached hydrogen (secondary N) is 3. The summed E-state index contributed by atoms with van der Waals surface area (Å²) in [6.07, 6.45) is 6.24. The van der Waals surface area contributed by atoms with Gasteiger partial charge in [0.05, 0.1) is 13.2 Å². The molecule has 1 saturated heterocycles. The minimum absolute atomic E-state index is 0.139. The van der Waals surface area contributed by atoms with Gasteiger partial charge in [0.2, 0.25) is 17.7 Å². The number of likely N-dealkylation sites (N-methyl/N-ethyl adjacent to an activating group) is 1. The smallest absolute Gasteiger partial charge is 0.247 e. The number of rotatable bonds is 7. The second kappa shape index (κ2) is 12.9. The van der Waals surface area contributed by atoms with Crippen molar-refractivity contribution in [1.29, 1.82) is 0 Å². The fourth-order valence-electron chi connectivity index (χ4n) is 5.97. The van der Waals surface area contributed by atoms with Crippen LogP contribution >= 0.6 is 0 Å². The molecule has 10 heteroatoms. The number of benzene rings is 2. The summed E-state index contributed by atoms with van der Waals surface area (Å²) in [5.41, 5.74) is 2.75. The highest BCUT2D eigenvalue weighted by molar-refractivity contribution is 5.95. The highest BCUT2D eigenvalue weighted by atomic mass is 16.5. The van der Waals surface area contributed by atoms with E-state index in [-0.39, 0.29) is 17.7 Å². The first kappa shape index (κ1) is 30.2. The van der Waals surface area contributed by atoms with Gasteiger partial charge in [-0.25, -0.2) is 0 Å². The van der Waals surface area contributed by atoms with Gasteiger partial charge in [0, 0.05) is 41.8 Å². The van der Waals surface area contributed by atoms with Gasteiger partial charge in [-0.1, -0.05) is 38.5 Å². The molecule has 0 spiro atoms. The molecular formula is C33H41N5O5. The molecule has 0 saturated carbocycles. The zero-order valence-corrected chi connectivity index (χ0v) is 25.4. The molecule has 0 aliphatic carbocycles. The lowest BCUT2D eigenvalue weighted by Gasteiger charge is -2.34. The van der Waals surface area contributed by atoms with Crippen LogP contribution in [0.2, 0.25) is 0 Å². The molecule has 2 aromatic carbocycles. The van der Waals surface area contributed by atoms with E-state index in [4.69, 9.17) is 9.47 Å². The Hall–Kier alpha value is -4.31. The molecule has 3 N–H and O–H groups in total. The zero-order chi connectivity index (χ0) is 30.7. The van der Waals surface area contributed by atoms with Gasteiger partial charge in [-0.2, -0.15) is 0 Å². The molecule has 3 heterocycles. The molecule has 5 atom stereocenters. The third-order valence-corrected chi connectivity index (χ3v) is 8.66.